The number of amides is 1. The smallest absolute Gasteiger partial charge is 0.301 e. The molecule has 1 aliphatic rings. The van der Waals surface area contributed by atoms with Crippen LogP contribution in [0.1, 0.15) is 31.0 Å². The van der Waals surface area contributed by atoms with Crippen molar-refractivity contribution in [1.29, 1.82) is 0 Å². The molecular formula is C29H26N2O7S. The predicted molar refractivity (Wildman–Crippen MR) is 148 cm³/mol. The Labute approximate surface area is 228 Å². The third-order valence-corrected chi connectivity index (χ3v) is 7.28. The first kappa shape index (κ1) is 26.1. The van der Waals surface area contributed by atoms with Gasteiger partial charge < -0.3 is 24.4 Å². The molecule has 1 amide bonds. The van der Waals surface area contributed by atoms with Crippen molar-refractivity contribution in [3.63, 3.8) is 0 Å². The summed E-state index contributed by atoms with van der Waals surface area (Å²) in [6.07, 6.45) is 0. The number of hydrogen-bond acceptors (Lipinski definition) is 9. The number of ether oxygens (including phenoxy) is 3. The maximum atomic E-state index is 13.5. The Morgan fingerprint density at radius 2 is 1.69 bits per heavy atom. The number of fused-ring (bicyclic) bond motifs is 1. The minimum absolute atomic E-state index is 0.0212. The molecule has 0 spiro atoms. The van der Waals surface area contributed by atoms with E-state index < -0.39 is 17.7 Å². The Kier molecular flexibility index (Phi) is 7.12. The Morgan fingerprint density at radius 1 is 0.974 bits per heavy atom. The molecule has 5 rings (SSSR count). The lowest BCUT2D eigenvalue weighted by molar-refractivity contribution is -0.132. The lowest BCUT2D eigenvalue weighted by Gasteiger charge is -2.23. The number of rotatable bonds is 8. The molecule has 3 aromatic carbocycles. The van der Waals surface area contributed by atoms with Crippen molar-refractivity contribution < 1.29 is 34.0 Å². The Hall–Kier alpha value is -4.57. The van der Waals surface area contributed by atoms with E-state index in [1.165, 1.54) is 28.4 Å². The van der Waals surface area contributed by atoms with Gasteiger partial charge in [-0.1, -0.05) is 23.5 Å². The Morgan fingerprint density at radius 3 is 2.38 bits per heavy atom. The van der Waals surface area contributed by atoms with E-state index in [1.54, 1.807) is 62.6 Å². The molecule has 2 N–H and O–H groups in total. The number of aromatic nitrogens is 1. The molecule has 1 atom stereocenters. The molecule has 1 saturated heterocycles. The van der Waals surface area contributed by atoms with Crippen LogP contribution in [0.2, 0.25) is 0 Å². The second kappa shape index (κ2) is 10.7. The van der Waals surface area contributed by atoms with E-state index in [4.69, 9.17) is 14.2 Å². The van der Waals surface area contributed by atoms with E-state index in [1.807, 2.05) is 6.92 Å². The van der Waals surface area contributed by atoms with Crippen molar-refractivity contribution in [2.75, 3.05) is 25.2 Å². The number of hydrogen-bond donors (Lipinski definition) is 2. The van der Waals surface area contributed by atoms with Crippen molar-refractivity contribution >= 4 is 44.1 Å². The van der Waals surface area contributed by atoms with Gasteiger partial charge in [0.1, 0.15) is 28.8 Å². The lowest BCUT2D eigenvalue weighted by atomic mass is 9.95. The van der Waals surface area contributed by atoms with Gasteiger partial charge in [-0.25, -0.2) is 4.98 Å². The molecule has 0 aliphatic carbocycles. The minimum Gasteiger partial charge on any atom is -0.508 e. The van der Waals surface area contributed by atoms with E-state index in [0.29, 0.717) is 41.5 Å². The molecule has 0 radical (unpaired) electrons. The van der Waals surface area contributed by atoms with Crippen molar-refractivity contribution in [1.82, 2.24) is 4.98 Å². The molecule has 0 bridgehead atoms. The largest absolute Gasteiger partial charge is 0.508 e. The third-order valence-electron chi connectivity index (χ3n) is 6.26. The summed E-state index contributed by atoms with van der Waals surface area (Å²) in [6.45, 7) is 4.40. The molecule has 1 fully saturated rings. The number of phenols is 1. The van der Waals surface area contributed by atoms with Crippen molar-refractivity contribution in [3.8, 4) is 23.0 Å². The number of benzene rings is 3. The number of methoxy groups -OCH3 is 1. The second-order valence-electron chi connectivity index (χ2n) is 8.61. The van der Waals surface area contributed by atoms with Crippen LogP contribution in [0, 0.1) is 0 Å². The van der Waals surface area contributed by atoms with Gasteiger partial charge in [0.2, 0.25) is 0 Å². The number of nitrogens with zero attached hydrogens (tertiary/aromatic N) is 2. The highest BCUT2D eigenvalue weighted by atomic mass is 32.1. The number of carbonyl (C=O) groups is 2. The molecular weight excluding hydrogens is 520 g/mol. The highest BCUT2D eigenvalue weighted by Gasteiger charge is 2.48. The second-order valence-corrected chi connectivity index (χ2v) is 9.62. The first-order valence-corrected chi connectivity index (χ1v) is 13.1. The SMILES string of the molecule is CCOc1ccc(/C(O)=C2\C(=O)C(=O)N(c3nc4ccc(OC)cc4s3)C2c2ccc(O)cc2)c(OCC)c1. The highest BCUT2D eigenvalue weighted by Crippen LogP contribution is 2.46. The quantitative estimate of drug-likeness (QED) is 0.171. The van der Waals surface area contributed by atoms with Crippen LogP contribution in [0.25, 0.3) is 16.0 Å². The molecule has 1 unspecified atom stereocenters. The number of ketones is 1. The van der Waals surface area contributed by atoms with Gasteiger partial charge >= 0.3 is 5.91 Å². The number of Topliss-reactive ketones (excluding diaryl/α,β-unsaturated/α-hetero) is 1. The summed E-state index contributed by atoms with van der Waals surface area (Å²) >= 11 is 1.23. The van der Waals surface area contributed by atoms with Crippen LogP contribution >= 0.6 is 11.3 Å². The number of aliphatic hydroxyl groups is 1. The summed E-state index contributed by atoms with van der Waals surface area (Å²) in [4.78, 5) is 33.0. The molecule has 39 heavy (non-hydrogen) atoms. The molecule has 1 aromatic heterocycles. The average molecular weight is 547 g/mol. The average Bonchev–Trinajstić information content (AvgIpc) is 3.47. The summed E-state index contributed by atoms with van der Waals surface area (Å²) in [6, 6.07) is 15.3. The minimum atomic E-state index is -1.01. The summed E-state index contributed by atoms with van der Waals surface area (Å²) in [5.41, 5.74) is 1.27. The first-order valence-electron chi connectivity index (χ1n) is 12.3. The van der Waals surface area contributed by atoms with E-state index >= 15 is 0 Å². The number of anilines is 1. The number of aliphatic hydroxyl groups excluding tert-OH is 1. The summed E-state index contributed by atoms with van der Waals surface area (Å²) in [5, 5.41) is 21.7. The van der Waals surface area contributed by atoms with Crippen molar-refractivity contribution in [2.45, 2.75) is 19.9 Å². The van der Waals surface area contributed by atoms with Crippen molar-refractivity contribution in [2.24, 2.45) is 0 Å². The van der Waals surface area contributed by atoms with Gasteiger partial charge in [0, 0.05) is 6.07 Å². The topological polar surface area (TPSA) is 118 Å². The maximum absolute atomic E-state index is 13.5. The lowest BCUT2D eigenvalue weighted by Crippen LogP contribution is -2.29. The molecule has 9 nitrogen and oxygen atoms in total. The van der Waals surface area contributed by atoms with Gasteiger partial charge in [-0.3, -0.25) is 14.5 Å². The van der Waals surface area contributed by atoms with E-state index in [2.05, 4.69) is 4.98 Å². The Bertz CT molecular complexity index is 1590. The predicted octanol–water partition coefficient (Wildman–Crippen LogP) is 5.43. The highest BCUT2D eigenvalue weighted by molar-refractivity contribution is 7.22. The van der Waals surface area contributed by atoms with Crippen molar-refractivity contribution in [3.05, 3.63) is 77.4 Å². The molecule has 1 aliphatic heterocycles. The molecule has 2 heterocycles. The van der Waals surface area contributed by atoms with Crippen LogP contribution < -0.4 is 19.1 Å². The van der Waals surface area contributed by atoms with E-state index in [0.717, 1.165) is 4.70 Å². The summed E-state index contributed by atoms with van der Waals surface area (Å²) in [7, 11) is 1.56. The zero-order chi connectivity index (χ0) is 27.7. The number of thiazole rings is 1. The third kappa shape index (κ3) is 4.74. The first-order chi connectivity index (χ1) is 18.9. The van der Waals surface area contributed by atoms with E-state index in [9.17, 15) is 19.8 Å². The number of carbonyl (C=O) groups excluding carboxylic acids is 2. The standard InChI is InChI=1S/C29H26N2O7S/c1-4-37-19-10-12-20(22(14-19)38-5-2)26(33)24-25(16-6-8-17(32)9-7-16)31(28(35)27(24)34)29-30-21-13-11-18(36-3)15-23(21)39-29/h6-15,25,32-33H,4-5H2,1-3H3/b26-24+. The molecule has 200 valence electrons. The van der Waals surface area contributed by atoms with Gasteiger partial charge in [-0.05, 0) is 61.9 Å². The van der Waals surface area contributed by atoms with E-state index in [-0.39, 0.29) is 27.8 Å². The van der Waals surface area contributed by atoms with Gasteiger partial charge in [-0.2, -0.15) is 0 Å². The number of phenolic OH excluding ortho intramolecular Hbond substituents is 1. The Balaban J connectivity index is 1.71. The monoisotopic (exact) mass is 546 g/mol. The van der Waals surface area contributed by atoms with Gasteiger partial charge in [0.15, 0.2) is 5.13 Å². The normalized spacial score (nSPS) is 16.6. The number of aromatic hydroxyl groups is 1. The fraction of sp³-hybridized carbons (Fsp3) is 0.207. The van der Waals surface area contributed by atoms with Gasteiger partial charge in [-0.15, -0.1) is 0 Å². The molecule has 10 heteroatoms. The molecule has 4 aromatic rings. The van der Waals surface area contributed by atoms with Crippen LogP contribution in [0.15, 0.2) is 66.2 Å². The zero-order valence-corrected chi connectivity index (χ0v) is 22.3. The van der Waals surface area contributed by atoms with Crippen LogP contribution in [0.4, 0.5) is 5.13 Å². The summed E-state index contributed by atoms with van der Waals surface area (Å²) < 4.78 is 17.4. The van der Waals surface area contributed by atoms with Crippen LogP contribution in [0.3, 0.4) is 0 Å². The van der Waals surface area contributed by atoms with Gasteiger partial charge in [0.05, 0.1) is 47.7 Å². The van der Waals surface area contributed by atoms with Crippen LogP contribution in [-0.2, 0) is 9.59 Å². The fourth-order valence-corrected chi connectivity index (χ4v) is 5.52. The maximum Gasteiger partial charge on any atom is 0.301 e. The van der Waals surface area contributed by atoms with Gasteiger partial charge in [0.25, 0.3) is 5.78 Å². The van der Waals surface area contributed by atoms with Crippen LogP contribution in [-0.4, -0.2) is 47.2 Å². The molecule has 0 saturated carbocycles. The fourth-order valence-electron chi connectivity index (χ4n) is 4.50. The van der Waals surface area contributed by atoms with Crippen LogP contribution in [0.5, 0.6) is 23.0 Å². The zero-order valence-electron chi connectivity index (χ0n) is 21.5. The summed E-state index contributed by atoms with van der Waals surface area (Å²) in [5.74, 6) is -0.574.